The SMILES string of the molecule is C=CCCCOc1ccc(N2CCNCC2)nc1. The quantitative estimate of drug-likeness (QED) is 0.615. The number of nitrogens with zero attached hydrogens (tertiary/aromatic N) is 2. The summed E-state index contributed by atoms with van der Waals surface area (Å²) in [6.45, 7) is 8.51. The number of hydrogen-bond acceptors (Lipinski definition) is 4. The first-order valence-electron chi connectivity index (χ1n) is 6.55. The van der Waals surface area contributed by atoms with Crippen molar-refractivity contribution in [1.82, 2.24) is 10.3 Å². The van der Waals surface area contributed by atoms with Crippen LogP contribution in [-0.2, 0) is 0 Å². The van der Waals surface area contributed by atoms with Crippen LogP contribution in [-0.4, -0.2) is 37.8 Å². The number of aromatic nitrogens is 1. The maximum atomic E-state index is 5.61. The monoisotopic (exact) mass is 247 g/mol. The Labute approximate surface area is 109 Å². The molecule has 1 saturated heterocycles. The van der Waals surface area contributed by atoms with Crippen molar-refractivity contribution < 1.29 is 4.74 Å². The minimum absolute atomic E-state index is 0.723. The Morgan fingerprint density at radius 1 is 1.39 bits per heavy atom. The van der Waals surface area contributed by atoms with Crippen LogP contribution in [0.5, 0.6) is 5.75 Å². The second-order valence-electron chi connectivity index (χ2n) is 4.37. The lowest BCUT2D eigenvalue weighted by atomic mass is 10.3. The minimum Gasteiger partial charge on any atom is -0.492 e. The van der Waals surface area contributed by atoms with Crippen molar-refractivity contribution in [3.63, 3.8) is 0 Å². The molecule has 1 aromatic heterocycles. The Balaban J connectivity index is 1.82. The number of piperazine rings is 1. The normalized spacial score (nSPS) is 15.4. The van der Waals surface area contributed by atoms with Crippen LogP contribution >= 0.6 is 0 Å². The molecule has 0 aliphatic carbocycles. The first-order chi connectivity index (χ1) is 8.90. The maximum absolute atomic E-state index is 5.61. The lowest BCUT2D eigenvalue weighted by Crippen LogP contribution is -2.43. The van der Waals surface area contributed by atoms with E-state index in [2.05, 4.69) is 21.8 Å². The fourth-order valence-electron chi connectivity index (χ4n) is 1.96. The summed E-state index contributed by atoms with van der Waals surface area (Å²) in [5.74, 6) is 1.88. The van der Waals surface area contributed by atoms with Crippen molar-refractivity contribution in [2.45, 2.75) is 12.8 Å². The third kappa shape index (κ3) is 3.74. The summed E-state index contributed by atoms with van der Waals surface area (Å²) < 4.78 is 5.61. The average molecular weight is 247 g/mol. The number of allylic oxidation sites excluding steroid dienone is 1. The number of pyridine rings is 1. The van der Waals surface area contributed by atoms with Crippen molar-refractivity contribution in [1.29, 1.82) is 0 Å². The fraction of sp³-hybridized carbons (Fsp3) is 0.500. The van der Waals surface area contributed by atoms with E-state index in [1.807, 2.05) is 24.4 Å². The lowest BCUT2D eigenvalue weighted by molar-refractivity contribution is 0.311. The lowest BCUT2D eigenvalue weighted by Gasteiger charge is -2.28. The highest BCUT2D eigenvalue weighted by molar-refractivity contribution is 5.41. The van der Waals surface area contributed by atoms with Crippen LogP contribution < -0.4 is 15.0 Å². The molecule has 2 rings (SSSR count). The van der Waals surface area contributed by atoms with Gasteiger partial charge in [-0.05, 0) is 25.0 Å². The second-order valence-corrected chi connectivity index (χ2v) is 4.37. The van der Waals surface area contributed by atoms with Gasteiger partial charge < -0.3 is 15.0 Å². The van der Waals surface area contributed by atoms with Gasteiger partial charge in [0.15, 0.2) is 0 Å². The van der Waals surface area contributed by atoms with Gasteiger partial charge in [-0.1, -0.05) is 6.08 Å². The first-order valence-corrected chi connectivity index (χ1v) is 6.55. The molecule has 0 amide bonds. The highest BCUT2D eigenvalue weighted by Crippen LogP contribution is 2.16. The summed E-state index contributed by atoms with van der Waals surface area (Å²) >= 11 is 0. The van der Waals surface area contributed by atoms with E-state index in [1.54, 1.807) is 0 Å². The number of unbranched alkanes of at least 4 members (excludes halogenated alkanes) is 1. The molecule has 0 saturated carbocycles. The topological polar surface area (TPSA) is 37.4 Å². The highest BCUT2D eigenvalue weighted by Gasteiger charge is 2.11. The van der Waals surface area contributed by atoms with E-state index in [1.165, 1.54) is 0 Å². The Kier molecular flexibility index (Phi) is 5.02. The first kappa shape index (κ1) is 12.9. The van der Waals surface area contributed by atoms with Gasteiger partial charge >= 0.3 is 0 Å². The number of rotatable bonds is 6. The van der Waals surface area contributed by atoms with Crippen molar-refractivity contribution in [2.75, 3.05) is 37.7 Å². The Morgan fingerprint density at radius 3 is 2.89 bits per heavy atom. The van der Waals surface area contributed by atoms with Crippen LogP contribution in [0.2, 0.25) is 0 Å². The molecule has 4 nitrogen and oxygen atoms in total. The number of nitrogens with one attached hydrogen (secondary N) is 1. The van der Waals surface area contributed by atoms with Crippen LogP contribution in [0.4, 0.5) is 5.82 Å². The molecule has 4 heteroatoms. The molecule has 0 bridgehead atoms. The molecule has 0 unspecified atom stereocenters. The largest absolute Gasteiger partial charge is 0.492 e. The number of hydrogen-bond donors (Lipinski definition) is 1. The predicted octanol–water partition coefficient (Wildman–Crippen LogP) is 1.84. The van der Waals surface area contributed by atoms with Gasteiger partial charge in [-0.2, -0.15) is 0 Å². The molecule has 1 aliphatic rings. The molecule has 2 heterocycles. The molecule has 0 spiro atoms. The van der Waals surface area contributed by atoms with E-state index < -0.39 is 0 Å². The van der Waals surface area contributed by atoms with Crippen molar-refractivity contribution in [3.05, 3.63) is 31.0 Å². The summed E-state index contributed by atoms with van der Waals surface area (Å²) in [6.07, 6.45) is 5.72. The zero-order valence-electron chi connectivity index (χ0n) is 10.8. The predicted molar refractivity (Wildman–Crippen MR) is 74.2 cm³/mol. The molecule has 1 aromatic rings. The summed E-state index contributed by atoms with van der Waals surface area (Å²) in [6, 6.07) is 4.03. The molecule has 1 N–H and O–H groups in total. The van der Waals surface area contributed by atoms with Gasteiger partial charge in [-0.25, -0.2) is 4.98 Å². The zero-order chi connectivity index (χ0) is 12.6. The van der Waals surface area contributed by atoms with Gasteiger partial charge in [0.1, 0.15) is 11.6 Å². The second kappa shape index (κ2) is 7.01. The third-order valence-electron chi connectivity index (χ3n) is 2.98. The van der Waals surface area contributed by atoms with Crippen molar-refractivity contribution >= 4 is 5.82 Å². The van der Waals surface area contributed by atoms with Gasteiger partial charge in [0.25, 0.3) is 0 Å². The van der Waals surface area contributed by atoms with Gasteiger partial charge in [0.05, 0.1) is 12.8 Å². The van der Waals surface area contributed by atoms with Crippen molar-refractivity contribution in [2.24, 2.45) is 0 Å². The van der Waals surface area contributed by atoms with E-state index >= 15 is 0 Å². The van der Waals surface area contributed by atoms with Gasteiger partial charge in [-0.15, -0.1) is 6.58 Å². The molecular weight excluding hydrogens is 226 g/mol. The maximum Gasteiger partial charge on any atom is 0.137 e. The molecule has 0 atom stereocenters. The summed E-state index contributed by atoms with van der Waals surface area (Å²) in [4.78, 5) is 6.74. The number of anilines is 1. The van der Waals surface area contributed by atoms with Gasteiger partial charge in [0.2, 0.25) is 0 Å². The molecule has 0 aromatic carbocycles. The summed E-state index contributed by atoms with van der Waals surface area (Å²) in [5.41, 5.74) is 0. The van der Waals surface area contributed by atoms with E-state index in [0.29, 0.717) is 0 Å². The smallest absolute Gasteiger partial charge is 0.137 e. The summed E-state index contributed by atoms with van der Waals surface area (Å²) in [5, 5.41) is 3.33. The van der Waals surface area contributed by atoms with Crippen molar-refractivity contribution in [3.8, 4) is 5.75 Å². The molecule has 1 fully saturated rings. The Bertz CT molecular complexity index is 358. The van der Waals surface area contributed by atoms with Crippen LogP contribution in [0.3, 0.4) is 0 Å². The third-order valence-corrected chi connectivity index (χ3v) is 2.98. The van der Waals surface area contributed by atoms with Crippen LogP contribution in [0.15, 0.2) is 31.0 Å². The standard InChI is InChI=1S/C14H21N3O/c1-2-3-4-11-18-13-5-6-14(16-12-13)17-9-7-15-8-10-17/h2,5-6,12,15H,1,3-4,7-11H2. The van der Waals surface area contributed by atoms with E-state index in [4.69, 9.17) is 4.74 Å². The Morgan fingerprint density at radius 2 is 2.22 bits per heavy atom. The number of ether oxygens (including phenoxy) is 1. The molecule has 98 valence electrons. The molecule has 1 aliphatic heterocycles. The minimum atomic E-state index is 0.723. The van der Waals surface area contributed by atoms with Gasteiger partial charge in [-0.3, -0.25) is 0 Å². The molecular formula is C14H21N3O. The average Bonchev–Trinajstić information content (AvgIpc) is 2.45. The fourth-order valence-corrected chi connectivity index (χ4v) is 1.96. The van der Waals surface area contributed by atoms with Crippen LogP contribution in [0.25, 0.3) is 0 Å². The van der Waals surface area contributed by atoms with E-state index in [9.17, 15) is 0 Å². The highest BCUT2D eigenvalue weighted by atomic mass is 16.5. The summed E-state index contributed by atoms with van der Waals surface area (Å²) in [7, 11) is 0. The molecule has 0 radical (unpaired) electrons. The Hall–Kier alpha value is -1.55. The zero-order valence-corrected chi connectivity index (χ0v) is 10.8. The van der Waals surface area contributed by atoms with E-state index in [0.717, 1.165) is 57.2 Å². The van der Waals surface area contributed by atoms with Crippen LogP contribution in [0, 0.1) is 0 Å². The van der Waals surface area contributed by atoms with Crippen LogP contribution in [0.1, 0.15) is 12.8 Å². The molecule has 18 heavy (non-hydrogen) atoms. The van der Waals surface area contributed by atoms with E-state index in [-0.39, 0.29) is 0 Å². The van der Waals surface area contributed by atoms with Gasteiger partial charge in [0, 0.05) is 26.2 Å².